The highest BCUT2D eigenvalue weighted by Crippen LogP contribution is 2.59. The van der Waals surface area contributed by atoms with Crippen molar-refractivity contribution in [1.29, 1.82) is 0 Å². The number of rotatable bonds is 2. The van der Waals surface area contributed by atoms with Crippen molar-refractivity contribution in [2.45, 2.75) is 40.5 Å². The third-order valence-corrected chi connectivity index (χ3v) is 7.11. The van der Waals surface area contributed by atoms with Crippen LogP contribution in [0.2, 0.25) is 0 Å². The molecule has 4 bridgehead atoms. The lowest BCUT2D eigenvalue weighted by molar-refractivity contribution is -0.134. The normalized spacial score (nSPS) is 40.7. The maximum absolute atomic E-state index is 12.2. The van der Waals surface area contributed by atoms with Gasteiger partial charge in [-0.1, -0.05) is 39.8 Å². The lowest BCUT2D eigenvalue weighted by atomic mass is 9.47. The van der Waals surface area contributed by atoms with Crippen LogP contribution < -0.4 is 0 Å². The summed E-state index contributed by atoms with van der Waals surface area (Å²) in [7, 11) is 0. The van der Waals surface area contributed by atoms with Crippen molar-refractivity contribution in [2.75, 3.05) is 0 Å². The molecule has 4 atom stereocenters. The number of hydrogen-bond acceptors (Lipinski definition) is 2. The standard InChI is InChI=1S/C20H24O2/c1-19(2)13-9-15(19)17(21)7-11(13)5-6-12-8-18(22)16-10-14(12)20(16,3)4/h5-8,13-16H,9-10H2,1-4H3/b6-5+. The highest BCUT2D eigenvalue weighted by molar-refractivity contribution is 5.97. The van der Waals surface area contributed by atoms with E-state index < -0.39 is 0 Å². The van der Waals surface area contributed by atoms with Gasteiger partial charge in [0.05, 0.1) is 0 Å². The van der Waals surface area contributed by atoms with Crippen molar-refractivity contribution in [2.24, 2.45) is 34.5 Å². The molecule has 0 aliphatic heterocycles. The quantitative estimate of drug-likeness (QED) is 0.775. The van der Waals surface area contributed by atoms with E-state index in [1.54, 1.807) is 0 Å². The Morgan fingerprint density at radius 1 is 0.773 bits per heavy atom. The Labute approximate surface area is 132 Å². The molecule has 0 spiro atoms. The van der Waals surface area contributed by atoms with Crippen LogP contribution >= 0.6 is 0 Å². The van der Waals surface area contributed by atoms with E-state index >= 15 is 0 Å². The third-order valence-electron chi connectivity index (χ3n) is 7.11. The summed E-state index contributed by atoms with van der Waals surface area (Å²) in [5, 5.41) is 0. The number of fused-ring (bicyclic) bond motifs is 2. The summed E-state index contributed by atoms with van der Waals surface area (Å²) in [5.41, 5.74) is 2.52. The second-order valence-electron chi connectivity index (χ2n) is 8.75. The van der Waals surface area contributed by atoms with E-state index in [2.05, 4.69) is 39.8 Å². The Balaban J connectivity index is 1.61. The van der Waals surface area contributed by atoms with E-state index in [9.17, 15) is 9.59 Å². The lowest BCUT2D eigenvalue weighted by Crippen LogP contribution is -2.52. The number of allylic oxidation sites excluding steroid dienone is 6. The first-order valence-corrected chi connectivity index (χ1v) is 8.42. The molecule has 0 radical (unpaired) electrons. The van der Waals surface area contributed by atoms with E-state index in [0.717, 1.165) is 24.0 Å². The van der Waals surface area contributed by atoms with E-state index in [4.69, 9.17) is 0 Å². The number of carbonyl (C=O) groups is 2. The van der Waals surface area contributed by atoms with E-state index in [-0.39, 0.29) is 34.2 Å². The van der Waals surface area contributed by atoms with Crippen molar-refractivity contribution in [3.05, 3.63) is 35.5 Å². The molecule has 116 valence electrons. The number of ketones is 2. The molecule has 0 aromatic heterocycles. The fourth-order valence-electron chi connectivity index (χ4n) is 5.20. The largest absolute Gasteiger partial charge is 0.295 e. The summed E-state index contributed by atoms with van der Waals surface area (Å²) in [6.45, 7) is 8.81. The van der Waals surface area contributed by atoms with Gasteiger partial charge in [-0.3, -0.25) is 9.59 Å². The van der Waals surface area contributed by atoms with Crippen LogP contribution in [0, 0.1) is 34.5 Å². The van der Waals surface area contributed by atoms with Gasteiger partial charge in [-0.2, -0.15) is 0 Å². The molecule has 6 aliphatic rings. The van der Waals surface area contributed by atoms with Crippen molar-refractivity contribution < 1.29 is 9.59 Å². The first-order chi connectivity index (χ1) is 10.2. The van der Waals surface area contributed by atoms with Gasteiger partial charge in [-0.05, 0) is 58.8 Å². The van der Waals surface area contributed by atoms with Crippen LogP contribution in [0.1, 0.15) is 40.5 Å². The number of hydrogen-bond donors (Lipinski definition) is 0. The fourth-order valence-corrected chi connectivity index (χ4v) is 5.20. The monoisotopic (exact) mass is 296 g/mol. The summed E-state index contributed by atoms with van der Waals surface area (Å²) in [5.74, 6) is 1.99. The molecule has 2 nitrogen and oxygen atoms in total. The third kappa shape index (κ3) is 1.61. The van der Waals surface area contributed by atoms with Crippen LogP contribution in [0.5, 0.6) is 0 Å². The first kappa shape index (κ1) is 14.2. The molecular formula is C20H24O2. The van der Waals surface area contributed by atoms with Gasteiger partial charge in [0.1, 0.15) is 0 Å². The van der Waals surface area contributed by atoms with Crippen molar-refractivity contribution in [1.82, 2.24) is 0 Å². The van der Waals surface area contributed by atoms with Crippen LogP contribution in [-0.2, 0) is 9.59 Å². The Kier molecular flexibility index (Phi) is 2.64. The molecule has 0 heterocycles. The Morgan fingerprint density at radius 3 is 1.41 bits per heavy atom. The summed E-state index contributed by atoms with van der Waals surface area (Å²) in [6.07, 6.45) is 9.87. The smallest absolute Gasteiger partial charge is 0.159 e. The molecule has 4 unspecified atom stereocenters. The van der Waals surface area contributed by atoms with Gasteiger partial charge < -0.3 is 0 Å². The van der Waals surface area contributed by atoms with Crippen LogP contribution in [0.15, 0.2) is 35.5 Å². The minimum atomic E-state index is 0.100. The molecular weight excluding hydrogens is 272 g/mol. The molecule has 6 aliphatic carbocycles. The highest BCUT2D eigenvalue weighted by atomic mass is 16.1. The summed E-state index contributed by atoms with van der Waals surface area (Å²) in [6, 6.07) is 0. The van der Waals surface area contributed by atoms with Gasteiger partial charge in [-0.15, -0.1) is 0 Å². The number of carbonyl (C=O) groups excluding carboxylic acids is 2. The Bertz CT molecular complexity index is 614. The van der Waals surface area contributed by atoms with Crippen molar-refractivity contribution in [3.63, 3.8) is 0 Å². The summed E-state index contributed by atoms with van der Waals surface area (Å²) in [4.78, 5) is 24.3. The molecule has 0 saturated heterocycles. The molecule has 0 aromatic rings. The Morgan fingerprint density at radius 2 is 1.14 bits per heavy atom. The van der Waals surface area contributed by atoms with Crippen LogP contribution in [0.3, 0.4) is 0 Å². The molecule has 0 N–H and O–H groups in total. The molecule has 6 rings (SSSR count). The molecule has 0 aromatic carbocycles. The van der Waals surface area contributed by atoms with Gasteiger partial charge in [0.2, 0.25) is 0 Å². The van der Waals surface area contributed by atoms with Gasteiger partial charge in [0.25, 0.3) is 0 Å². The molecule has 2 heteroatoms. The molecule has 22 heavy (non-hydrogen) atoms. The zero-order chi connectivity index (χ0) is 15.9. The zero-order valence-electron chi connectivity index (χ0n) is 13.8. The van der Waals surface area contributed by atoms with Crippen LogP contribution in [-0.4, -0.2) is 11.6 Å². The second kappa shape index (κ2) is 4.10. The van der Waals surface area contributed by atoms with Crippen LogP contribution in [0.25, 0.3) is 0 Å². The van der Waals surface area contributed by atoms with Crippen molar-refractivity contribution >= 4 is 11.6 Å². The lowest BCUT2D eigenvalue weighted by Gasteiger charge is -2.55. The fraction of sp³-hybridized carbons (Fsp3) is 0.600. The zero-order valence-corrected chi connectivity index (χ0v) is 13.8. The first-order valence-electron chi connectivity index (χ1n) is 8.42. The average Bonchev–Trinajstić information content (AvgIpc) is 2.42. The SMILES string of the molecule is CC1(C)C2CC1C(/C=C/C1=CC(=O)C3CC1C3(C)C)=CC2=O. The maximum atomic E-state index is 12.2. The van der Waals surface area contributed by atoms with E-state index in [1.165, 1.54) is 0 Å². The van der Waals surface area contributed by atoms with Gasteiger partial charge in [0.15, 0.2) is 11.6 Å². The second-order valence-corrected chi connectivity index (χ2v) is 8.75. The molecule has 2 fully saturated rings. The Hall–Kier alpha value is -1.44. The molecule has 2 saturated carbocycles. The van der Waals surface area contributed by atoms with E-state index in [1.807, 2.05) is 12.2 Å². The minimum absolute atomic E-state index is 0.100. The molecule has 0 amide bonds. The van der Waals surface area contributed by atoms with Gasteiger partial charge in [-0.25, -0.2) is 0 Å². The maximum Gasteiger partial charge on any atom is 0.159 e. The minimum Gasteiger partial charge on any atom is -0.295 e. The predicted octanol–water partition coefficient (Wildman–Crippen LogP) is 3.89. The summed E-state index contributed by atoms with van der Waals surface area (Å²) < 4.78 is 0. The summed E-state index contributed by atoms with van der Waals surface area (Å²) >= 11 is 0. The van der Waals surface area contributed by atoms with Gasteiger partial charge >= 0.3 is 0 Å². The highest BCUT2D eigenvalue weighted by Gasteiger charge is 2.56. The average molecular weight is 296 g/mol. The predicted molar refractivity (Wildman–Crippen MR) is 86.1 cm³/mol. The topological polar surface area (TPSA) is 34.1 Å². The van der Waals surface area contributed by atoms with E-state index in [0.29, 0.717) is 11.8 Å². The van der Waals surface area contributed by atoms with Gasteiger partial charge in [0, 0.05) is 11.8 Å². The van der Waals surface area contributed by atoms with Crippen LogP contribution in [0.4, 0.5) is 0 Å². The van der Waals surface area contributed by atoms with Crippen molar-refractivity contribution in [3.8, 4) is 0 Å².